The van der Waals surface area contributed by atoms with E-state index in [9.17, 15) is 9.59 Å². The van der Waals surface area contributed by atoms with E-state index >= 15 is 0 Å². The molecule has 3 aromatic rings. The lowest BCUT2D eigenvalue weighted by atomic mass is 9.97. The van der Waals surface area contributed by atoms with Gasteiger partial charge < -0.3 is 9.15 Å². The van der Waals surface area contributed by atoms with Gasteiger partial charge in [-0.1, -0.05) is 11.6 Å². The molecular weight excluding hydrogens is 344 g/mol. The third-order valence-corrected chi connectivity index (χ3v) is 4.44. The van der Waals surface area contributed by atoms with E-state index in [0.717, 1.165) is 10.9 Å². The molecule has 0 spiro atoms. The van der Waals surface area contributed by atoms with Gasteiger partial charge in [-0.2, -0.15) is 5.10 Å². The second kappa shape index (κ2) is 6.37. The second-order valence-corrected chi connectivity index (χ2v) is 7.89. The highest BCUT2D eigenvalue weighted by Crippen LogP contribution is 2.39. The van der Waals surface area contributed by atoms with Gasteiger partial charge in [-0.3, -0.25) is 9.59 Å². The molecule has 3 rings (SSSR count). The number of hydrogen-bond acceptors (Lipinski definition) is 5. The average Bonchev–Trinajstić information content (AvgIpc) is 2.87. The maximum atomic E-state index is 13.0. The molecule has 0 fully saturated rings. The third kappa shape index (κ3) is 3.27. The zero-order valence-electron chi connectivity index (χ0n) is 16.8. The van der Waals surface area contributed by atoms with E-state index in [-0.39, 0.29) is 11.3 Å². The Labute approximate surface area is 157 Å². The van der Waals surface area contributed by atoms with Gasteiger partial charge >= 0.3 is 5.97 Å². The minimum atomic E-state index is -0.713. The van der Waals surface area contributed by atoms with Crippen LogP contribution >= 0.6 is 0 Å². The number of hydrogen-bond donors (Lipinski definition) is 0. The molecule has 0 bridgehead atoms. The van der Waals surface area contributed by atoms with Crippen LogP contribution in [0.5, 0.6) is 5.75 Å². The van der Waals surface area contributed by atoms with E-state index in [4.69, 9.17) is 9.15 Å². The van der Waals surface area contributed by atoms with Crippen molar-refractivity contribution >= 4 is 16.9 Å². The first-order chi connectivity index (χ1) is 12.5. The molecule has 0 atom stereocenters. The Bertz CT molecular complexity index is 1110. The van der Waals surface area contributed by atoms with Crippen LogP contribution in [0.4, 0.5) is 0 Å². The number of benzene rings is 1. The third-order valence-electron chi connectivity index (χ3n) is 4.44. The zero-order chi connectivity index (χ0) is 20.1. The molecule has 0 aliphatic rings. The van der Waals surface area contributed by atoms with Crippen LogP contribution < -0.4 is 10.3 Å². The van der Waals surface area contributed by atoms with Gasteiger partial charge in [0.1, 0.15) is 17.0 Å². The lowest BCUT2D eigenvalue weighted by Gasteiger charge is -2.19. The summed E-state index contributed by atoms with van der Waals surface area (Å²) in [6.07, 6.45) is 0. The van der Waals surface area contributed by atoms with Crippen molar-refractivity contribution in [1.82, 2.24) is 9.78 Å². The molecule has 6 nitrogen and oxygen atoms in total. The summed E-state index contributed by atoms with van der Waals surface area (Å²) >= 11 is 0. The molecule has 2 aromatic heterocycles. The fourth-order valence-electron chi connectivity index (χ4n) is 2.99. The van der Waals surface area contributed by atoms with Gasteiger partial charge in [0.05, 0.1) is 11.0 Å². The van der Waals surface area contributed by atoms with E-state index in [1.807, 2.05) is 25.1 Å². The Morgan fingerprint density at radius 1 is 1.15 bits per heavy atom. The van der Waals surface area contributed by atoms with E-state index in [1.165, 1.54) is 4.68 Å². The van der Waals surface area contributed by atoms with Crippen molar-refractivity contribution in [2.75, 3.05) is 0 Å². The monoisotopic (exact) mass is 368 g/mol. The average molecular weight is 368 g/mol. The highest BCUT2D eigenvalue weighted by atomic mass is 16.5. The Hall–Kier alpha value is -2.89. The van der Waals surface area contributed by atoms with Crippen molar-refractivity contribution in [3.05, 3.63) is 45.6 Å². The highest BCUT2D eigenvalue weighted by molar-refractivity contribution is 5.98. The number of esters is 1. The molecule has 142 valence electrons. The minimum Gasteiger partial charge on any atom is -0.461 e. The summed E-state index contributed by atoms with van der Waals surface area (Å²) in [6, 6.07) is 5.79. The van der Waals surface area contributed by atoms with Crippen LogP contribution in [0.25, 0.3) is 22.1 Å². The molecule has 0 saturated carbocycles. The fraction of sp³-hybridized carbons (Fsp3) is 0.381. The SMILES string of the molecule is Cc1ccc2oc(C)c(-c3c(OC(=O)C(C)(C)C)c(C)nn(C)c3=O)c2c1. The Morgan fingerprint density at radius 3 is 2.44 bits per heavy atom. The number of furan rings is 1. The summed E-state index contributed by atoms with van der Waals surface area (Å²) in [5, 5.41) is 5.01. The Morgan fingerprint density at radius 2 is 1.81 bits per heavy atom. The molecule has 2 heterocycles. The standard InChI is InChI=1S/C21H24N2O4/c1-11-8-9-15-14(10-11)16(13(3)26-15)17-18(27-20(25)21(4,5)6)12(2)22-23(7)19(17)24/h8-10H,1-7H3. The lowest BCUT2D eigenvalue weighted by molar-refractivity contribution is -0.143. The summed E-state index contributed by atoms with van der Waals surface area (Å²) in [5.41, 5.74) is 2.06. The van der Waals surface area contributed by atoms with Crippen molar-refractivity contribution in [1.29, 1.82) is 0 Å². The maximum absolute atomic E-state index is 13.0. The van der Waals surface area contributed by atoms with E-state index < -0.39 is 11.4 Å². The van der Waals surface area contributed by atoms with Crippen molar-refractivity contribution in [3.63, 3.8) is 0 Å². The number of carbonyl (C=O) groups is 1. The largest absolute Gasteiger partial charge is 0.461 e. The summed E-state index contributed by atoms with van der Waals surface area (Å²) < 4.78 is 12.8. The number of aryl methyl sites for hydroxylation is 4. The molecule has 0 N–H and O–H groups in total. The van der Waals surface area contributed by atoms with E-state index in [0.29, 0.717) is 28.2 Å². The van der Waals surface area contributed by atoms with Crippen LogP contribution in [-0.4, -0.2) is 15.7 Å². The first kappa shape index (κ1) is 18.9. The van der Waals surface area contributed by atoms with Crippen molar-refractivity contribution in [2.45, 2.75) is 41.5 Å². The first-order valence-corrected chi connectivity index (χ1v) is 8.81. The second-order valence-electron chi connectivity index (χ2n) is 7.89. The minimum absolute atomic E-state index is 0.185. The molecule has 0 radical (unpaired) electrons. The lowest BCUT2D eigenvalue weighted by Crippen LogP contribution is -2.29. The molecule has 0 aliphatic heterocycles. The molecule has 0 saturated heterocycles. The Balaban J connectivity index is 2.37. The van der Waals surface area contributed by atoms with Gasteiger partial charge in [0.15, 0.2) is 5.75 Å². The normalized spacial score (nSPS) is 11.8. The number of rotatable bonds is 2. The fourth-order valence-corrected chi connectivity index (χ4v) is 2.99. The van der Waals surface area contributed by atoms with Gasteiger partial charge in [-0.25, -0.2) is 4.68 Å². The molecule has 6 heteroatoms. The number of fused-ring (bicyclic) bond motifs is 1. The summed E-state index contributed by atoms with van der Waals surface area (Å²) in [4.78, 5) is 25.5. The van der Waals surface area contributed by atoms with Crippen LogP contribution in [0.1, 0.15) is 37.8 Å². The number of ether oxygens (including phenoxy) is 1. The number of nitrogens with zero attached hydrogens (tertiary/aromatic N) is 2. The predicted octanol–water partition coefficient (Wildman–Crippen LogP) is 4.07. The molecule has 0 aliphatic carbocycles. The van der Waals surface area contributed by atoms with Crippen molar-refractivity contribution in [3.8, 4) is 16.9 Å². The zero-order valence-corrected chi connectivity index (χ0v) is 16.8. The van der Waals surface area contributed by atoms with Crippen LogP contribution in [-0.2, 0) is 11.8 Å². The molecule has 0 unspecified atom stereocenters. The molecule has 1 aromatic carbocycles. The van der Waals surface area contributed by atoms with Crippen molar-refractivity contribution in [2.24, 2.45) is 12.5 Å². The summed E-state index contributed by atoms with van der Waals surface area (Å²) in [5.74, 6) is 0.347. The maximum Gasteiger partial charge on any atom is 0.316 e. The first-order valence-electron chi connectivity index (χ1n) is 8.81. The van der Waals surface area contributed by atoms with Crippen LogP contribution in [0.2, 0.25) is 0 Å². The quantitative estimate of drug-likeness (QED) is 0.638. The number of carbonyl (C=O) groups excluding carboxylic acids is 1. The molecule has 0 amide bonds. The van der Waals surface area contributed by atoms with Crippen LogP contribution in [0, 0.1) is 26.2 Å². The highest BCUT2D eigenvalue weighted by Gasteiger charge is 2.29. The number of aromatic nitrogens is 2. The van der Waals surface area contributed by atoms with Gasteiger partial charge in [0, 0.05) is 18.0 Å². The topological polar surface area (TPSA) is 74.3 Å². The van der Waals surface area contributed by atoms with E-state index in [2.05, 4.69) is 5.10 Å². The van der Waals surface area contributed by atoms with Crippen LogP contribution in [0.15, 0.2) is 27.4 Å². The van der Waals surface area contributed by atoms with Crippen LogP contribution in [0.3, 0.4) is 0 Å². The van der Waals surface area contributed by atoms with Gasteiger partial charge in [0.25, 0.3) is 5.56 Å². The Kier molecular flexibility index (Phi) is 4.46. The predicted molar refractivity (Wildman–Crippen MR) is 104 cm³/mol. The molecule has 27 heavy (non-hydrogen) atoms. The summed E-state index contributed by atoms with van der Waals surface area (Å²) in [6.45, 7) is 10.8. The summed E-state index contributed by atoms with van der Waals surface area (Å²) in [7, 11) is 1.58. The molecular formula is C21H24N2O4. The van der Waals surface area contributed by atoms with E-state index in [1.54, 1.807) is 41.7 Å². The smallest absolute Gasteiger partial charge is 0.316 e. The van der Waals surface area contributed by atoms with Gasteiger partial charge in [-0.05, 0) is 53.7 Å². The van der Waals surface area contributed by atoms with Gasteiger partial charge in [-0.15, -0.1) is 0 Å². The van der Waals surface area contributed by atoms with Gasteiger partial charge in [0.2, 0.25) is 0 Å². The van der Waals surface area contributed by atoms with Crippen molar-refractivity contribution < 1.29 is 13.9 Å².